The van der Waals surface area contributed by atoms with Gasteiger partial charge < -0.3 is 4.74 Å². The average Bonchev–Trinajstić information content (AvgIpc) is 2.30. The zero-order chi connectivity index (χ0) is 14.2. The van der Waals surface area contributed by atoms with Crippen molar-refractivity contribution >= 4 is 16.2 Å². The molecule has 7 heteroatoms. The second kappa shape index (κ2) is 7.59. The Balaban J connectivity index is 0.000000411. The third-order valence-corrected chi connectivity index (χ3v) is 2.16. The molecule has 1 aromatic carbocycles. The molecule has 0 aromatic heterocycles. The molecule has 1 aromatic rings. The molecule has 0 atom stereocenters. The number of nitrogens with two attached hydrogens (primary N) is 1. The fraction of sp³-hybridized carbons (Fsp3) is 0.182. The molecule has 0 spiro atoms. The van der Waals surface area contributed by atoms with Crippen LogP contribution < -0.4 is 14.6 Å². The van der Waals surface area contributed by atoms with Gasteiger partial charge in [-0.3, -0.25) is 0 Å². The van der Waals surface area contributed by atoms with Crippen LogP contribution in [0.5, 0.6) is 5.75 Å². The van der Waals surface area contributed by atoms with Gasteiger partial charge in [0.25, 0.3) is 10.2 Å². The van der Waals surface area contributed by atoms with Crippen molar-refractivity contribution < 1.29 is 17.9 Å². The van der Waals surface area contributed by atoms with Gasteiger partial charge in [0.15, 0.2) is 0 Å². The lowest BCUT2D eigenvalue weighted by Crippen LogP contribution is -2.26. The quantitative estimate of drug-likeness (QED) is 0.477. The van der Waals surface area contributed by atoms with Crippen molar-refractivity contribution in [3.05, 3.63) is 42.5 Å². The molecule has 0 fully saturated rings. The molecule has 0 aliphatic carbocycles. The van der Waals surface area contributed by atoms with Gasteiger partial charge in [-0.25, -0.2) is 14.7 Å². The van der Waals surface area contributed by atoms with Crippen LogP contribution in [0.2, 0.25) is 0 Å². The Morgan fingerprint density at radius 2 is 1.78 bits per heavy atom. The second-order valence-corrected chi connectivity index (χ2v) is 4.73. The summed E-state index contributed by atoms with van der Waals surface area (Å²) >= 11 is 0. The van der Waals surface area contributed by atoms with Crippen molar-refractivity contribution in [2.75, 3.05) is 7.05 Å². The van der Waals surface area contributed by atoms with Gasteiger partial charge in [0.1, 0.15) is 5.75 Å². The topological polar surface area (TPSA) is 98.5 Å². The van der Waals surface area contributed by atoms with Gasteiger partial charge in [0, 0.05) is 12.6 Å². The molecule has 0 aliphatic rings. The Morgan fingerprint density at radius 1 is 1.33 bits per heavy atom. The Hall–Kier alpha value is -1.70. The summed E-state index contributed by atoms with van der Waals surface area (Å²) in [7, 11) is -2.17. The van der Waals surface area contributed by atoms with Crippen LogP contribution in [0.4, 0.5) is 0 Å². The van der Waals surface area contributed by atoms with Gasteiger partial charge in [-0.05, 0) is 19.1 Å². The summed E-state index contributed by atoms with van der Waals surface area (Å²) in [5.74, 6) is 0.159. The first-order valence-electron chi connectivity index (χ1n) is 4.90. The van der Waals surface area contributed by atoms with Crippen LogP contribution in [-0.2, 0) is 15.0 Å². The largest absolute Gasteiger partial charge is 0.423 e. The summed E-state index contributed by atoms with van der Waals surface area (Å²) in [5.41, 5.74) is 0.402. The molecule has 100 valence electrons. The van der Waals surface area contributed by atoms with Crippen LogP contribution in [0.1, 0.15) is 6.92 Å². The molecule has 6 nitrogen and oxygen atoms in total. The van der Waals surface area contributed by atoms with Crippen LogP contribution >= 0.6 is 0 Å². The molecule has 0 heterocycles. The molecular formula is C11H16N2O4S. The van der Waals surface area contributed by atoms with Crippen molar-refractivity contribution in [1.82, 2.24) is 4.72 Å². The number of carbonyl (C=O) groups excluding carboxylic acids is 1. The minimum Gasteiger partial charge on any atom is -0.423 e. The number of esters is 1. The lowest BCUT2D eigenvalue weighted by molar-refractivity contribution is -0.130. The molecule has 0 amide bonds. The highest BCUT2D eigenvalue weighted by atomic mass is 32.2. The van der Waals surface area contributed by atoms with E-state index in [1.165, 1.54) is 7.05 Å². The number of hydrogen-bond donors (Lipinski definition) is 2. The first-order chi connectivity index (χ1) is 8.26. The first-order valence-corrected chi connectivity index (χ1v) is 6.45. The van der Waals surface area contributed by atoms with Crippen molar-refractivity contribution in [3.8, 4) is 5.75 Å². The summed E-state index contributed by atoms with van der Waals surface area (Å²) in [6.07, 6.45) is 0. The summed E-state index contributed by atoms with van der Waals surface area (Å²) in [5, 5.41) is 4.40. The molecule has 1 rings (SSSR count). The van der Waals surface area contributed by atoms with Crippen LogP contribution in [0.3, 0.4) is 0 Å². The fourth-order valence-corrected chi connectivity index (χ4v) is 0.683. The van der Waals surface area contributed by atoms with Gasteiger partial charge in [-0.2, -0.15) is 8.42 Å². The van der Waals surface area contributed by atoms with E-state index in [2.05, 4.69) is 11.7 Å². The Labute approximate surface area is 107 Å². The minimum absolute atomic E-state index is 0.388. The van der Waals surface area contributed by atoms with Gasteiger partial charge in [-0.1, -0.05) is 24.8 Å². The Morgan fingerprint density at radius 3 is 2.11 bits per heavy atom. The predicted molar refractivity (Wildman–Crippen MR) is 69.1 cm³/mol. The van der Waals surface area contributed by atoms with E-state index >= 15 is 0 Å². The number of para-hydroxylation sites is 1. The number of benzene rings is 1. The number of nitrogens with one attached hydrogen (secondary N) is 1. The lowest BCUT2D eigenvalue weighted by Gasteiger charge is -2.01. The first kappa shape index (κ1) is 16.3. The van der Waals surface area contributed by atoms with E-state index < -0.39 is 10.2 Å². The normalized spacial score (nSPS) is 9.94. The summed E-state index contributed by atoms with van der Waals surface area (Å²) in [4.78, 5) is 11.0. The number of hydrogen-bond acceptors (Lipinski definition) is 4. The minimum atomic E-state index is -3.41. The van der Waals surface area contributed by atoms with Crippen molar-refractivity contribution in [2.24, 2.45) is 5.14 Å². The SMILES string of the molecule is C=C(C)C(=O)Oc1ccccc1.CNS(N)(=O)=O. The summed E-state index contributed by atoms with van der Waals surface area (Å²) in [6.45, 7) is 5.09. The third-order valence-electron chi connectivity index (χ3n) is 1.59. The molecule has 3 N–H and O–H groups in total. The maximum atomic E-state index is 11.0. The average molecular weight is 272 g/mol. The molecule has 0 aliphatic heterocycles. The smallest absolute Gasteiger partial charge is 0.338 e. The second-order valence-electron chi connectivity index (χ2n) is 3.23. The predicted octanol–water partition coefficient (Wildman–Crippen LogP) is 0.577. The van der Waals surface area contributed by atoms with Gasteiger partial charge in [-0.15, -0.1) is 0 Å². The third kappa shape index (κ3) is 8.45. The standard InChI is InChI=1S/C10H10O2.CH6N2O2S/c1-8(2)10(11)12-9-6-4-3-5-7-9;1-3-6(2,4)5/h3-7H,1H2,2H3;3H,1H3,(H2,2,4,5). The number of carbonyl (C=O) groups is 1. The molecular weight excluding hydrogens is 256 g/mol. The van der Waals surface area contributed by atoms with E-state index in [1.54, 1.807) is 31.2 Å². The molecule has 0 radical (unpaired) electrons. The summed E-state index contributed by atoms with van der Waals surface area (Å²) < 4.78 is 26.1. The van der Waals surface area contributed by atoms with Crippen molar-refractivity contribution in [3.63, 3.8) is 0 Å². The van der Waals surface area contributed by atoms with E-state index in [4.69, 9.17) is 4.74 Å². The van der Waals surface area contributed by atoms with Gasteiger partial charge in [0.2, 0.25) is 0 Å². The van der Waals surface area contributed by atoms with Crippen LogP contribution in [0.25, 0.3) is 0 Å². The highest BCUT2D eigenvalue weighted by Gasteiger charge is 2.03. The molecule has 0 saturated carbocycles. The van der Waals surface area contributed by atoms with E-state index in [0.717, 1.165) is 0 Å². The molecule has 18 heavy (non-hydrogen) atoms. The maximum Gasteiger partial charge on any atom is 0.338 e. The fourth-order valence-electron chi connectivity index (χ4n) is 0.683. The van der Waals surface area contributed by atoms with Gasteiger partial charge >= 0.3 is 5.97 Å². The Bertz CT molecular complexity index is 497. The number of ether oxygens (including phenoxy) is 1. The molecule has 0 saturated heterocycles. The van der Waals surface area contributed by atoms with E-state index in [0.29, 0.717) is 11.3 Å². The van der Waals surface area contributed by atoms with Crippen molar-refractivity contribution in [1.29, 1.82) is 0 Å². The van der Waals surface area contributed by atoms with Crippen LogP contribution in [0, 0.1) is 0 Å². The van der Waals surface area contributed by atoms with Crippen LogP contribution in [0.15, 0.2) is 42.5 Å². The van der Waals surface area contributed by atoms with Crippen molar-refractivity contribution in [2.45, 2.75) is 6.92 Å². The maximum absolute atomic E-state index is 11.0. The molecule has 0 bridgehead atoms. The highest BCUT2D eigenvalue weighted by Crippen LogP contribution is 2.09. The monoisotopic (exact) mass is 272 g/mol. The lowest BCUT2D eigenvalue weighted by atomic mass is 10.3. The van der Waals surface area contributed by atoms with E-state index in [-0.39, 0.29) is 5.97 Å². The van der Waals surface area contributed by atoms with E-state index in [9.17, 15) is 13.2 Å². The van der Waals surface area contributed by atoms with Crippen LogP contribution in [-0.4, -0.2) is 21.4 Å². The Kier molecular flexibility index (Phi) is 6.88. The zero-order valence-corrected chi connectivity index (χ0v) is 11.0. The van der Waals surface area contributed by atoms with Gasteiger partial charge in [0.05, 0.1) is 0 Å². The number of rotatable bonds is 3. The van der Waals surface area contributed by atoms with E-state index in [1.807, 2.05) is 10.8 Å². The zero-order valence-electron chi connectivity index (χ0n) is 10.2. The molecule has 0 unspecified atom stereocenters. The highest BCUT2D eigenvalue weighted by molar-refractivity contribution is 7.87. The summed E-state index contributed by atoms with van der Waals surface area (Å²) in [6, 6.07) is 8.92.